The Labute approximate surface area is 330 Å². The van der Waals surface area contributed by atoms with Crippen molar-refractivity contribution in [1.29, 1.82) is 0 Å². The number of hydrogen-bond acceptors (Lipinski definition) is 8. The average Bonchev–Trinajstić information content (AvgIpc) is 3.06. The van der Waals surface area contributed by atoms with Crippen LogP contribution in [-0.4, -0.2) is 42.8 Å². The Morgan fingerprint density at radius 2 is 0.455 bits per heavy atom. The molecule has 0 unspecified atom stereocenters. The number of benzene rings is 4. The summed E-state index contributed by atoms with van der Waals surface area (Å²) < 4.78 is 113. The third-order valence-electron chi connectivity index (χ3n) is 9.96. The van der Waals surface area contributed by atoms with E-state index in [1.54, 1.807) is 48.5 Å². The summed E-state index contributed by atoms with van der Waals surface area (Å²) in [5.74, 6) is 0. The highest BCUT2D eigenvalue weighted by atomic mass is 32.3. The van der Waals surface area contributed by atoms with Crippen LogP contribution in [0.1, 0.15) is 112 Å². The molecule has 4 aromatic carbocycles. The molecular formula is C43H56O8S4. The van der Waals surface area contributed by atoms with Crippen molar-refractivity contribution in [3.63, 3.8) is 0 Å². The summed E-state index contributed by atoms with van der Waals surface area (Å²) in [5, 5.41) is 0. The number of sulfone groups is 4. The van der Waals surface area contributed by atoms with Crippen molar-refractivity contribution >= 4 is 39.3 Å². The van der Waals surface area contributed by atoms with Crippen LogP contribution in [0.2, 0.25) is 0 Å². The zero-order valence-electron chi connectivity index (χ0n) is 34.0. The lowest BCUT2D eigenvalue weighted by molar-refractivity contribution is 0.557. The third kappa shape index (κ3) is 9.46. The van der Waals surface area contributed by atoms with Crippen LogP contribution in [0.4, 0.5) is 0 Å². The Bertz CT molecular complexity index is 2090. The molecule has 0 fully saturated rings. The van der Waals surface area contributed by atoms with Gasteiger partial charge in [0, 0.05) is 6.42 Å². The van der Waals surface area contributed by atoms with Gasteiger partial charge in [0.2, 0.25) is 0 Å². The molecule has 55 heavy (non-hydrogen) atoms. The smallest absolute Gasteiger partial charge is 0.196 e. The summed E-state index contributed by atoms with van der Waals surface area (Å²) >= 11 is 0. The summed E-state index contributed by atoms with van der Waals surface area (Å²) in [4.78, 5) is -1.51. The Morgan fingerprint density at radius 3 is 0.582 bits per heavy atom. The molecule has 0 amide bonds. The van der Waals surface area contributed by atoms with Gasteiger partial charge in [0.15, 0.2) is 48.5 Å². The molecular weight excluding hydrogens is 773 g/mol. The highest BCUT2D eigenvalue weighted by Crippen LogP contribution is 2.38. The summed E-state index contributed by atoms with van der Waals surface area (Å²) in [6, 6.07) is 22.9. The topological polar surface area (TPSA) is 137 Å². The van der Waals surface area contributed by atoms with Gasteiger partial charge in [-0.3, -0.25) is 0 Å². The minimum atomic E-state index is -4.96. The fourth-order valence-electron chi connectivity index (χ4n) is 6.18. The van der Waals surface area contributed by atoms with E-state index in [4.69, 9.17) is 0 Å². The Kier molecular flexibility index (Phi) is 12.0. The van der Waals surface area contributed by atoms with Gasteiger partial charge in [-0.2, -0.15) is 0 Å². The second kappa shape index (κ2) is 14.9. The second-order valence-electron chi connectivity index (χ2n) is 18.4. The monoisotopic (exact) mass is 828 g/mol. The highest BCUT2D eigenvalue weighted by Gasteiger charge is 2.49. The molecule has 0 aromatic heterocycles. The standard InChI is InChI=1S/C43H56O8S4/c1-40(2,3)30-13-21-34(22-14-30)52(44,45)38(53(46,47)35-23-15-31(16-24-35)41(4,5)6)29-39(54(48,49)36-25-17-32(18-26-36)42(7,8)9)55(50,51)37-27-19-33(20-28-37)43(10,11)12/h13-28,38-39H,29H2,1-12H3. The van der Waals surface area contributed by atoms with E-state index in [-0.39, 0.29) is 41.2 Å². The van der Waals surface area contributed by atoms with E-state index in [9.17, 15) is 33.7 Å². The maximum absolute atomic E-state index is 14.7. The van der Waals surface area contributed by atoms with Gasteiger partial charge >= 0.3 is 0 Å². The summed E-state index contributed by atoms with van der Waals surface area (Å²) in [7, 11) is -19.8. The van der Waals surface area contributed by atoms with Crippen molar-refractivity contribution in [2.45, 2.75) is 140 Å². The minimum absolute atomic E-state index is 0.360. The van der Waals surface area contributed by atoms with Crippen LogP contribution < -0.4 is 0 Å². The van der Waals surface area contributed by atoms with Gasteiger partial charge in [-0.1, -0.05) is 132 Å². The first-order chi connectivity index (χ1) is 24.8. The van der Waals surface area contributed by atoms with Crippen LogP contribution in [0.25, 0.3) is 0 Å². The molecule has 12 heteroatoms. The predicted molar refractivity (Wildman–Crippen MR) is 222 cm³/mol. The lowest BCUT2D eigenvalue weighted by atomic mass is 9.87. The van der Waals surface area contributed by atoms with E-state index in [1.165, 1.54) is 48.5 Å². The second-order valence-corrected chi connectivity index (χ2v) is 27.5. The molecule has 4 aromatic rings. The van der Waals surface area contributed by atoms with Gasteiger partial charge < -0.3 is 0 Å². The molecule has 4 rings (SSSR count). The van der Waals surface area contributed by atoms with E-state index in [0.29, 0.717) is 0 Å². The van der Waals surface area contributed by atoms with Crippen LogP contribution in [0.5, 0.6) is 0 Å². The van der Waals surface area contributed by atoms with Crippen molar-refractivity contribution in [2.75, 3.05) is 0 Å². The average molecular weight is 829 g/mol. The normalized spacial score (nSPS) is 14.1. The number of hydrogen-bond donors (Lipinski definition) is 0. The SMILES string of the molecule is CC(C)(C)c1ccc(S(=O)(=O)C(CC(S(=O)(=O)c2ccc(C(C)(C)C)cc2)S(=O)(=O)c2ccc(C(C)(C)C)cc2)S(=O)(=O)c2ccc(C(C)(C)C)cc2)cc1. The minimum Gasteiger partial charge on any atom is -0.222 e. The van der Waals surface area contributed by atoms with Crippen LogP contribution in [-0.2, 0) is 61.0 Å². The van der Waals surface area contributed by atoms with Crippen molar-refractivity contribution in [3.05, 3.63) is 119 Å². The first-order valence-corrected chi connectivity index (χ1v) is 24.4. The van der Waals surface area contributed by atoms with Crippen molar-refractivity contribution in [2.24, 2.45) is 0 Å². The van der Waals surface area contributed by atoms with E-state index < -0.39 is 54.9 Å². The Hall–Kier alpha value is -3.32. The zero-order chi connectivity index (χ0) is 41.8. The third-order valence-corrected chi connectivity index (χ3v) is 20.3. The fourth-order valence-corrected chi connectivity index (χ4v) is 15.7. The van der Waals surface area contributed by atoms with Gasteiger partial charge in [0.05, 0.1) is 19.6 Å². The lowest BCUT2D eigenvalue weighted by Crippen LogP contribution is -2.40. The summed E-state index contributed by atoms with van der Waals surface area (Å²) in [6.07, 6.45) is -1.29. The molecule has 0 aliphatic rings. The quantitative estimate of drug-likeness (QED) is 0.154. The molecule has 0 atom stereocenters. The first-order valence-electron chi connectivity index (χ1n) is 18.2. The molecule has 0 aliphatic carbocycles. The van der Waals surface area contributed by atoms with Crippen LogP contribution >= 0.6 is 0 Å². The highest BCUT2D eigenvalue weighted by molar-refractivity contribution is 8.10. The summed E-state index contributed by atoms with van der Waals surface area (Å²) in [5.41, 5.74) is 1.69. The fraction of sp³-hybridized carbons (Fsp3) is 0.442. The van der Waals surface area contributed by atoms with Crippen LogP contribution in [0.3, 0.4) is 0 Å². The van der Waals surface area contributed by atoms with Gasteiger partial charge in [0.1, 0.15) is 0 Å². The van der Waals surface area contributed by atoms with E-state index in [2.05, 4.69) is 0 Å². The first kappa shape index (κ1) is 44.4. The van der Waals surface area contributed by atoms with E-state index in [1.807, 2.05) is 83.1 Å². The van der Waals surface area contributed by atoms with Crippen molar-refractivity contribution < 1.29 is 33.7 Å². The van der Waals surface area contributed by atoms with Gasteiger partial charge in [-0.25, -0.2) is 33.7 Å². The molecule has 0 N–H and O–H groups in total. The molecule has 8 nitrogen and oxygen atoms in total. The molecule has 0 saturated carbocycles. The molecule has 300 valence electrons. The predicted octanol–water partition coefficient (Wildman–Crippen LogP) is 9.11. The summed E-state index contributed by atoms with van der Waals surface area (Å²) in [6.45, 7) is 23.3. The molecule has 0 saturated heterocycles. The van der Waals surface area contributed by atoms with Gasteiger partial charge in [0.25, 0.3) is 0 Å². The van der Waals surface area contributed by atoms with Crippen LogP contribution in [0.15, 0.2) is 117 Å². The van der Waals surface area contributed by atoms with Crippen molar-refractivity contribution in [3.8, 4) is 0 Å². The van der Waals surface area contributed by atoms with E-state index in [0.717, 1.165) is 22.3 Å². The van der Waals surface area contributed by atoms with Gasteiger partial charge in [-0.05, 0) is 92.4 Å². The Balaban J connectivity index is 2.03. The molecule has 0 aliphatic heterocycles. The maximum Gasteiger partial charge on any atom is 0.196 e. The maximum atomic E-state index is 14.7. The molecule has 0 bridgehead atoms. The number of rotatable bonds is 10. The van der Waals surface area contributed by atoms with Gasteiger partial charge in [-0.15, -0.1) is 0 Å². The largest absolute Gasteiger partial charge is 0.222 e. The van der Waals surface area contributed by atoms with E-state index >= 15 is 0 Å². The van der Waals surface area contributed by atoms with Crippen LogP contribution in [0, 0.1) is 0 Å². The zero-order valence-corrected chi connectivity index (χ0v) is 37.3. The van der Waals surface area contributed by atoms with Crippen molar-refractivity contribution in [1.82, 2.24) is 0 Å². The molecule has 0 heterocycles. The molecule has 0 spiro atoms. The Morgan fingerprint density at radius 1 is 0.309 bits per heavy atom. The lowest BCUT2D eigenvalue weighted by Gasteiger charge is -2.26. The molecule has 0 radical (unpaired) electrons.